The van der Waals surface area contributed by atoms with E-state index in [-0.39, 0.29) is 11.6 Å². The molecule has 0 radical (unpaired) electrons. The highest BCUT2D eigenvalue weighted by molar-refractivity contribution is 5.65. The lowest BCUT2D eigenvalue weighted by molar-refractivity contribution is -0.274. The van der Waals surface area contributed by atoms with Crippen LogP contribution in [0.1, 0.15) is 5.69 Å². The number of rotatable bonds is 6. The van der Waals surface area contributed by atoms with E-state index < -0.39 is 17.9 Å². The number of anilines is 2. The van der Waals surface area contributed by atoms with E-state index in [9.17, 15) is 17.6 Å². The minimum Gasteiger partial charge on any atom is -0.495 e. The topological polar surface area (TPSA) is 79.0 Å². The van der Waals surface area contributed by atoms with Gasteiger partial charge in [0, 0.05) is 24.9 Å². The molecule has 0 fully saturated rings. The normalized spacial score (nSPS) is 11.5. The summed E-state index contributed by atoms with van der Waals surface area (Å²) < 4.78 is 64.1. The van der Waals surface area contributed by atoms with Crippen LogP contribution in [0.2, 0.25) is 0 Å². The van der Waals surface area contributed by atoms with Gasteiger partial charge in [-0.3, -0.25) is 0 Å². The maximum absolute atomic E-state index is 14.2. The predicted octanol–water partition coefficient (Wildman–Crippen LogP) is 4.77. The van der Waals surface area contributed by atoms with E-state index in [0.717, 1.165) is 29.6 Å². The molecule has 4 rings (SSSR count). The summed E-state index contributed by atoms with van der Waals surface area (Å²) >= 11 is 0. The van der Waals surface area contributed by atoms with Crippen molar-refractivity contribution in [2.24, 2.45) is 7.05 Å². The third kappa shape index (κ3) is 4.89. The number of alkyl halides is 3. The number of methoxy groups -OCH3 is 1. The molecule has 12 heteroatoms. The number of aromatic nitrogens is 5. The first-order valence-electron chi connectivity index (χ1n) is 9.55. The van der Waals surface area contributed by atoms with Crippen molar-refractivity contribution in [3.8, 4) is 28.6 Å². The quantitative estimate of drug-likeness (QED) is 0.416. The molecule has 2 heterocycles. The van der Waals surface area contributed by atoms with Gasteiger partial charge in [-0.15, -0.1) is 18.3 Å². The van der Waals surface area contributed by atoms with Crippen LogP contribution in [-0.2, 0) is 7.05 Å². The van der Waals surface area contributed by atoms with E-state index in [1.807, 2.05) is 23.8 Å². The first kappa shape index (κ1) is 22.1. The molecule has 0 aliphatic heterocycles. The summed E-state index contributed by atoms with van der Waals surface area (Å²) in [4.78, 5) is 8.54. The molecule has 4 aromatic rings. The van der Waals surface area contributed by atoms with Gasteiger partial charge in [0.1, 0.15) is 17.3 Å². The van der Waals surface area contributed by atoms with Crippen LogP contribution in [-0.4, -0.2) is 37.8 Å². The minimum absolute atomic E-state index is 0.112. The van der Waals surface area contributed by atoms with Crippen LogP contribution in [0.4, 0.5) is 29.2 Å². The lowest BCUT2D eigenvalue weighted by Crippen LogP contribution is -2.17. The predicted molar refractivity (Wildman–Crippen MR) is 111 cm³/mol. The highest BCUT2D eigenvalue weighted by Crippen LogP contribution is 2.31. The lowest BCUT2D eigenvalue weighted by atomic mass is 10.1. The summed E-state index contributed by atoms with van der Waals surface area (Å²) in [6.45, 7) is 1.87. The number of benzene rings is 2. The molecule has 0 aliphatic carbocycles. The smallest absolute Gasteiger partial charge is 0.495 e. The van der Waals surface area contributed by atoms with Crippen molar-refractivity contribution in [1.29, 1.82) is 0 Å². The highest BCUT2D eigenvalue weighted by Gasteiger charge is 2.31. The average molecular weight is 462 g/mol. The second kappa shape index (κ2) is 8.45. The molecule has 0 amide bonds. The maximum atomic E-state index is 14.2. The summed E-state index contributed by atoms with van der Waals surface area (Å²) in [5, 5.41) is 6.95. The molecule has 2 aromatic heterocycles. The number of aryl methyl sites for hydroxylation is 2. The van der Waals surface area contributed by atoms with E-state index in [1.54, 1.807) is 25.5 Å². The summed E-state index contributed by atoms with van der Waals surface area (Å²) in [6.07, 6.45) is -1.38. The summed E-state index contributed by atoms with van der Waals surface area (Å²) in [5.41, 5.74) is 1.98. The molecule has 0 unspecified atom stereocenters. The Labute approximate surface area is 185 Å². The zero-order chi connectivity index (χ0) is 23.8. The van der Waals surface area contributed by atoms with E-state index in [1.165, 1.54) is 11.8 Å². The fourth-order valence-electron chi connectivity index (χ4n) is 3.12. The van der Waals surface area contributed by atoms with Crippen LogP contribution in [0, 0.1) is 12.7 Å². The summed E-state index contributed by atoms with van der Waals surface area (Å²) in [7, 11) is 3.09. The molecule has 0 spiro atoms. The van der Waals surface area contributed by atoms with Gasteiger partial charge in [-0.05, 0) is 37.3 Å². The molecule has 8 nitrogen and oxygen atoms in total. The van der Waals surface area contributed by atoms with Gasteiger partial charge in [-0.1, -0.05) is 0 Å². The Morgan fingerprint density at radius 3 is 2.55 bits per heavy atom. The van der Waals surface area contributed by atoms with E-state index in [0.29, 0.717) is 17.1 Å². The lowest BCUT2D eigenvalue weighted by Gasteiger charge is -2.11. The second-order valence-electron chi connectivity index (χ2n) is 7.01. The van der Waals surface area contributed by atoms with Gasteiger partial charge in [0.2, 0.25) is 5.95 Å². The number of halogens is 4. The standard InChI is InChI=1S/C21H18F4N6O2/c1-12-10-31(11-26-12)17-7-4-13(8-18(17)32-3)19-28-20(30(2)29-19)27-16-9-14(5-6-15(16)22)33-21(23,24)25/h4-11H,1-3H3,(H,27,28,29). The Kier molecular flexibility index (Phi) is 5.66. The zero-order valence-electron chi connectivity index (χ0n) is 17.7. The second-order valence-corrected chi connectivity index (χ2v) is 7.01. The maximum Gasteiger partial charge on any atom is 0.573 e. The number of hydrogen-bond acceptors (Lipinski definition) is 6. The molecule has 0 atom stereocenters. The molecular formula is C21H18F4N6O2. The molecular weight excluding hydrogens is 444 g/mol. The molecule has 0 saturated carbocycles. The molecule has 0 aliphatic rings. The molecule has 1 N–H and O–H groups in total. The average Bonchev–Trinajstić information content (AvgIpc) is 3.34. The van der Waals surface area contributed by atoms with Crippen LogP contribution >= 0.6 is 0 Å². The minimum atomic E-state index is -4.90. The number of imidazole rings is 1. The highest BCUT2D eigenvalue weighted by atomic mass is 19.4. The largest absolute Gasteiger partial charge is 0.573 e. The molecule has 33 heavy (non-hydrogen) atoms. The third-order valence-corrected chi connectivity index (χ3v) is 4.61. The Hall–Kier alpha value is -4.09. The Morgan fingerprint density at radius 2 is 1.88 bits per heavy atom. The van der Waals surface area contributed by atoms with E-state index in [2.05, 4.69) is 25.1 Å². The Balaban J connectivity index is 1.62. The van der Waals surface area contributed by atoms with Crippen molar-refractivity contribution in [1.82, 2.24) is 24.3 Å². The summed E-state index contributed by atoms with van der Waals surface area (Å²) in [6, 6.07) is 7.97. The Bertz CT molecular complexity index is 1300. The van der Waals surface area contributed by atoms with Crippen molar-refractivity contribution < 1.29 is 27.0 Å². The monoisotopic (exact) mass is 462 g/mol. The van der Waals surface area contributed by atoms with E-state index in [4.69, 9.17) is 4.74 Å². The number of ether oxygens (including phenoxy) is 2. The Morgan fingerprint density at radius 1 is 1.09 bits per heavy atom. The van der Waals surface area contributed by atoms with Crippen molar-refractivity contribution >= 4 is 11.6 Å². The molecule has 2 aromatic carbocycles. The fraction of sp³-hybridized carbons (Fsp3) is 0.190. The number of nitrogens with zero attached hydrogens (tertiary/aromatic N) is 5. The third-order valence-electron chi connectivity index (χ3n) is 4.61. The SMILES string of the molecule is COc1cc(-c2nc(Nc3cc(OC(F)(F)F)ccc3F)n(C)n2)ccc1-n1cnc(C)c1. The molecule has 172 valence electrons. The zero-order valence-corrected chi connectivity index (χ0v) is 17.7. The van der Waals surface area contributed by atoms with Crippen molar-refractivity contribution in [2.45, 2.75) is 13.3 Å². The van der Waals surface area contributed by atoms with Crippen LogP contribution < -0.4 is 14.8 Å². The van der Waals surface area contributed by atoms with Crippen LogP contribution in [0.15, 0.2) is 48.9 Å². The molecule has 0 bridgehead atoms. The molecule has 0 saturated heterocycles. The van der Waals surface area contributed by atoms with Gasteiger partial charge in [0.05, 0.1) is 30.5 Å². The van der Waals surface area contributed by atoms with Gasteiger partial charge >= 0.3 is 6.36 Å². The van der Waals surface area contributed by atoms with Gasteiger partial charge in [-0.2, -0.15) is 4.98 Å². The van der Waals surface area contributed by atoms with Crippen molar-refractivity contribution in [2.75, 3.05) is 12.4 Å². The summed E-state index contributed by atoms with van der Waals surface area (Å²) in [5.74, 6) is -0.384. The van der Waals surface area contributed by atoms with Gasteiger partial charge in [0.25, 0.3) is 0 Å². The van der Waals surface area contributed by atoms with Crippen LogP contribution in [0.25, 0.3) is 17.1 Å². The van der Waals surface area contributed by atoms with Crippen molar-refractivity contribution in [3.05, 3.63) is 60.4 Å². The van der Waals surface area contributed by atoms with Crippen LogP contribution in [0.3, 0.4) is 0 Å². The first-order chi connectivity index (χ1) is 15.6. The van der Waals surface area contributed by atoms with Crippen molar-refractivity contribution in [3.63, 3.8) is 0 Å². The fourth-order valence-corrected chi connectivity index (χ4v) is 3.12. The first-order valence-corrected chi connectivity index (χ1v) is 9.55. The van der Waals surface area contributed by atoms with Gasteiger partial charge in [0.15, 0.2) is 5.82 Å². The van der Waals surface area contributed by atoms with E-state index >= 15 is 0 Å². The van der Waals surface area contributed by atoms with Gasteiger partial charge < -0.3 is 19.4 Å². The van der Waals surface area contributed by atoms with Crippen LogP contribution in [0.5, 0.6) is 11.5 Å². The van der Waals surface area contributed by atoms with Gasteiger partial charge in [-0.25, -0.2) is 14.1 Å². The number of hydrogen-bond donors (Lipinski definition) is 1. The number of nitrogens with one attached hydrogen (secondary N) is 1.